The summed E-state index contributed by atoms with van der Waals surface area (Å²) in [4.78, 5) is 25.7. The van der Waals surface area contributed by atoms with Gasteiger partial charge >= 0.3 is 0 Å². The molecule has 3 heterocycles. The van der Waals surface area contributed by atoms with Gasteiger partial charge in [-0.25, -0.2) is 9.97 Å². The Bertz CT molecular complexity index is 944. The van der Waals surface area contributed by atoms with Crippen molar-refractivity contribution in [3.05, 3.63) is 71.7 Å². The second-order valence-corrected chi connectivity index (χ2v) is 6.84. The first-order valence-corrected chi connectivity index (χ1v) is 9.68. The van der Waals surface area contributed by atoms with E-state index in [0.29, 0.717) is 18.1 Å². The number of unbranched alkanes of at least 4 members (excludes halogenated alkanes) is 1. The predicted molar refractivity (Wildman–Crippen MR) is 109 cm³/mol. The molecule has 0 atom stereocenters. The third kappa shape index (κ3) is 4.17. The van der Waals surface area contributed by atoms with Crippen LogP contribution in [0.15, 0.2) is 54.9 Å². The number of fused-ring (bicyclic) bond motifs is 1. The van der Waals surface area contributed by atoms with Gasteiger partial charge in [0.05, 0.1) is 0 Å². The summed E-state index contributed by atoms with van der Waals surface area (Å²) in [6.45, 7) is 1.43. The fourth-order valence-electron chi connectivity index (χ4n) is 3.37. The zero-order chi connectivity index (χ0) is 19.2. The summed E-state index contributed by atoms with van der Waals surface area (Å²) in [5, 5.41) is 6.30. The van der Waals surface area contributed by atoms with Crippen LogP contribution in [0.1, 0.15) is 34.5 Å². The fourth-order valence-corrected chi connectivity index (χ4v) is 3.37. The Kier molecular flexibility index (Phi) is 5.56. The summed E-state index contributed by atoms with van der Waals surface area (Å²) in [5.74, 6) is 1.15. The van der Waals surface area contributed by atoms with Gasteiger partial charge in [0.25, 0.3) is 5.91 Å². The molecule has 1 aromatic carbocycles. The third-order valence-electron chi connectivity index (χ3n) is 4.83. The summed E-state index contributed by atoms with van der Waals surface area (Å²) < 4.78 is 0. The lowest BCUT2D eigenvalue weighted by Crippen LogP contribution is -2.34. The largest absolute Gasteiger partial charge is 0.370 e. The second kappa shape index (κ2) is 8.61. The Balaban J connectivity index is 1.47. The number of pyridine rings is 1. The van der Waals surface area contributed by atoms with Gasteiger partial charge in [-0.1, -0.05) is 30.3 Å². The van der Waals surface area contributed by atoms with Crippen LogP contribution in [0.2, 0.25) is 0 Å². The van der Waals surface area contributed by atoms with Crippen LogP contribution in [0.5, 0.6) is 0 Å². The number of anilines is 1. The van der Waals surface area contributed by atoms with Crippen LogP contribution in [0.25, 0.3) is 11.4 Å². The van der Waals surface area contributed by atoms with E-state index in [-0.39, 0.29) is 5.91 Å². The predicted octanol–water partition coefficient (Wildman–Crippen LogP) is 3.26. The zero-order valence-electron chi connectivity index (χ0n) is 15.7. The number of rotatable bonds is 7. The van der Waals surface area contributed by atoms with Crippen molar-refractivity contribution < 1.29 is 4.79 Å². The quantitative estimate of drug-likeness (QED) is 0.622. The number of hydrogen-bond donors (Lipinski definition) is 2. The number of amides is 1. The van der Waals surface area contributed by atoms with Gasteiger partial charge in [0.2, 0.25) is 0 Å². The van der Waals surface area contributed by atoms with Crippen molar-refractivity contribution in [2.24, 2.45) is 0 Å². The maximum absolute atomic E-state index is 12.3. The molecule has 0 saturated heterocycles. The summed E-state index contributed by atoms with van der Waals surface area (Å²) in [5.41, 5.74) is 3.53. The summed E-state index contributed by atoms with van der Waals surface area (Å²) in [6.07, 6.45) is 7.35. The van der Waals surface area contributed by atoms with Crippen LogP contribution < -0.4 is 10.6 Å². The monoisotopic (exact) mass is 373 g/mol. The lowest BCUT2D eigenvalue weighted by Gasteiger charge is -2.20. The molecule has 3 aromatic rings. The van der Waals surface area contributed by atoms with Gasteiger partial charge in [0.15, 0.2) is 5.82 Å². The number of carbonyl (C=O) groups excluding carboxylic acids is 1. The Hall–Kier alpha value is -3.28. The molecule has 0 saturated carbocycles. The Morgan fingerprint density at radius 1 is 1.04 bits per heavy atom. The van der Waals surface area contributed by atoms with Crippen molar-refractivity contribution in [3.63, 3.8) is 0 Å². The van der Waals surface area contributed by atoms with Crippen molar-refractivity contribution >= 4 is 11.7 Å². The molecule has 0 aliphatic carbocycles. The number of hydrogen-bond acceptors (Lipinski definition) is 5. The summed E-state index contributed by atoms with van der Waals surface area (Å²) in [7, 11) is 0. The van der Waals surface area contributed by atoms with E-state index in [1.54, 1.807) is 12.4 Å². The molecule has 2 N–H and O–H groups in total. The molecule has 0 spiro atoms. The van der Waals surface area contributed by atoms with Crippen LogP contribution in [0.3, 0.4) is 0 Å². The topological polar surface area (TPSA) is 79.8 Å². The highest BCUT2D eigenvalue weighted by molar-refractivity contribution is 5.96. The highest BCUT2D eigenvalue weighted by Gasteiger charge is 2.24. The lowest BCUT2D eigenvalue weighted by atomic mass is 10.1. The van der Waals surface area contributed by atoms with E-state index >= 15 is 0 Å². The molecule has 4 rings (SSSR count). The molecule has 0 radical (unpaired) electrons. The van der Waals surface area contributed by atoms with Crippen molar-refractivity contribution in [2.75, 3.05) is 18.4 Å². The van der Waals surface area contributed by atoms with Crippen molar-refractivity contribution in [1.29, 1.82) is 0 Å². The van der Waals surface area contributed by atoms with Crippen LogP contribution in [-0.4, -0.2) is 33.9 Å². The first kappa shape index (κ1) is 18.1. The van der Waals surface area contributed by atoms with Crippen LogP contribution in [0.4, 0.5) is 5.82 Å². The van der Waals surface area contributed by atoms with Crippen molar-refractivity contribution in [3.8, 4) is 11.4 Å². The van der Waals surface area contributed by atoms with E-state index < -0.39 is 0 Å². The molecule has 1 amide bonds. The first-order chi connectivity index (χ1) is 13.8. The molecule has 1 aliphatic rings. The molecule has 0 fully saturated rings. The number of nitrogens with zero attached hydrogens (tertiary/aromatic N) is 3. The fraction of sp³-hybridized carbons (Fsp3) is 0.273. The zero-order valence-corrected chi connectivity index (χ0v) is 15.7. The molecule has 142 valence electrons. The van der Waals surface area contributed by atoms with Gasteiger partial charge in [-0.3, -0.25) is 9.78 Å². The van der Waals surface area contributed by atoms with Gasteiger partial charge in [0, 0.05) is 36.6 Å². The molecule has 2 aromatic heterocycles. The molecule has 1 aliphatic heterocycles. The van der Waals surface area contributed by atoms with Gasteiger partial charge in [-0.05, 0) is 43.4 Å². The molecule has 6 nitrogen and oxygen atoms in total. The SMILES string of the molecule is O=C1NCCc2c(NCCCCc3ccccc3)nc(-c3cccnc3)nc21. The van der Waals surface area contributed by atoms with Gasteiger partial charge in [-0.15, -0.1) is 0 Å². The van der Waals surface area contributed by atoms with E-state index in [1.807, 2.05) is 18.2 Å². The Labute approximate surface area is 164 Å². The van der Waals surface area contributed by atoms with Gasteiger partial charge < -0.3 is 10.6 Å². The summed E-state index contributed by atoms with van der Waals surface area (Å²) >= 11 is 0. The maximum atomic E-state index is 12.3. The maximum Gasteiger partial charge on any atom is 0.270 e. The number of nitrogens with one attached hydrogen (secondary N) is 2. The number of benzene rings is 1. The van der Waals surface area contributed by atoms with Gasteiger partial charge in [0.1, 0.15) is 11.5 Å². The van der Waals surface area contributed by atoms with Crippen molar-refractivity contribution in [1.82, 2.24) is 20.3 Å². The number of aromatic nitrogens is 3. The minimum atomic E-state index is -0.138. The second-order valence-electron chi connectivity index (χ2n) is 6.84. The molecule has 0 bridgehead atoms. The van der Waals surface area contributed by atoms with E-state index in [0.717, 1.165) is 49.2 Å². The van der Waals surface area contributed by atoms with E-state index in [2.05, 4.69) is 44.9 Å². The molecular weight excluding hydrogens is 350 g/mol. The lowest BCUT2D eigenvalue weighted by molar-refractivity contribution is 0.0940. The normalized spacial score (nSPS) is 12.9. The standard InChI is InChI=1S/C22H23N5O/c28-22-19-18(11-14-25-22)21(27-20(26-19)17-10-6-12-23-15-17)24-13-5-4-9-16-7-2-1-3-8-16/h1-3,6-8,10,12,15H,4-5,9,11,13-14H2,(H,25,28)(H,24,26,27). The molecule has 0 unspecified atom stereocenters. The number of aryl methyl sites for hydroxylation is 1. The highest BCUT2D eigenvalue weighted by Crippen LogP contribution is 2.24. The average Bonchev–Trinajstić information content (AvgIpc) is 2.75. The minimum Gasteiger partial charge on any atom is -0.370 e. The highest BCUT2D eigenvalue weighted by atomic mass is 16.1. The smallest absolute Gasteiger partial charge is 0.270 e. The van der Waals surface area contributed by atoms with Crippen LogP contribution in [0, 0.1) is 0 Å². The molecular formula is C22H23N5O. The minimum absolute atomic E-state index is 0.138. The van der Waals surface area contributed by atoms with Crippen LogP contribution >= 0.6 is 0 Å². The Morgan fingerprint density at radius 2 is 1.93 bits per heavy atom. The van der Waals surface area contributed by atoms with Gasteiger partial charge in [-0.2, -0.15) is 0 Å². The summed E-state index contributed by atoms with van der Waals surface area (Å²) in [6, 6.07) is 14.3. The third-order valence-corrected chi connectivity index (χ3v) is 4.83. The average molecular weight is 373 g/mol. The van der Waals surface area contributed by atoms with E-state index in [9.17, 15) is 4.79 Å². The first-order valence-electron chi connectivity index (χ1n) is 9.68. The Morgan fingerprint density at radius 3 is 2.75 bits per heavy atom. The number of carbonyl (C=O) groups is 1. The van der Waals surface area contributed by atoms with Crippen LogP contribution in [-0.2, 0) is 12.8 Å². The van der Waals surface area contributed by atoms with Crippen molar-refractivity contribution in [2.45, 2.75) is 25.7 Å². The van der Waals surface area contributed by atoms with E-state index in [4.69, 9.17) is 4.98 Å². The molecule has 28 heavy (non-hydrogen) atoms. The van der Waals surface area contributed by atoms with E-state index in [1.165, 1.54) is 5.56 Å². The molecule has 6 heteroatoms.